The van der Waals surface area contributed by atoms with Crippen LogP contribution >= 0.6 is 0 Å². The molecular weight excluding hydrogens is 243 g/mol. The summed E-state index contributed by atoms with van der Waals surface area (Å²) in [4.78, 5) is 0. The van der Waals surface area contributed by atoms with Gasteiger partial charge in [0.15, 0.2) is 0 Å². The van der Waals surface area contributed by atoms with Crippen molar-refractivity contribution in [1.29, 1.82) is 0 Å². The molecule has 0 spiro atoms. The van der Waals surface area contributed by atoms with Gasteiger partial charge in [-0.3, -0.25) is 0 Å². The van der Waals surface area contributed by atoms with E-state index in [4.69, 9.17) is 0 Å². The van der Waals surface area contributed by atoms with Crippen molar-refractivity contribution in [3.05, 3.63) is 0 Å². The normalized spacial score (nSPS) is 12.2. The third kappa shape index (κ3) is 71.5. The Bertz CT molecular complexity index is 19.1. The Kier molecular flexibility index (Phi) is 1.62. The Hall–Kier alpha value is 0.688. The molecule has 0 unspecified atom stereocenters. The van der Waals surface area contributed by atoms with Gasteiger partial charge in [-0.15, -0.1) is 0 Å². The zero-order chi connectivity index (χ0) is 4.50. The summed E-state index contributed by atoms with van der Waals surface area (Å²) in [5.41, 5.74) is 0. The van der Waals surface area contributed by atoms with E-state index < -0.39 is 0 Å². The van der Waals surface area contributed by atoms with Crippen LogP contribution in [0.2, 0.25) is 3.80 Å². The van der Waals surface area contributed by atoms with Crippen molar-refractivity contribution in [2.75, 3.05) is 0 Å². The Morgan fingerprint density at radius 1 is 1.20 bits per heavy atom. The van der Waals surface area contributed by atoms with E-state index in [0.717, 1.165) is 0 Å². The summed E-state index contributed by atoms with van der Waals surface area (Å²) in [5, 5.41) is 0. The third-order valence-electron chi connectivity index (χ3n) is 0. The van der Waals surface area contributed by atoms with Gasteiger partial charge in [0.25, 0.3) is 0 Å². The van der Waals surface area contributed by atoms with Crippen LogP contribution in [0.25, 0.3) is 0 Å². The minimum atomic E-state index is 0.472. The van der Waals surface area contributed by atoms with Crippen molar-refractivity contribution < 1.29 is 19.8 Å². The standard InChI is InChI=1S/C4H9.Pt/c1-4(2)3;/h1-3H3;. The molecule has 5 heavy (non-hydrogen) atoms. The second kappa shape index (κ2) is 1.43. The Balaban J connectivity index is 3.02. The van der Waals surface area contributed by atoms with E-state index in [1.165, 1.54) is 0 Å². The molecule has 0 amide bonds. The van der Waals surface area contributed by atoms with Crippen molar-refractivity contribution in [1.82, 2.24) is 0 Å². The van der Waals surface area contributed by atoms with Crippen LogP contribution < -0.4 is 0 Å². The summed E-state index contributed by atoms with van der Waals surface area (Å²) in [6.07, 6.45) is 0. The summed E-state index contributed by atoms with van der Waals surface area (Å²) >= 11 is 2.36. The van der Waals surface area contributed by atoms with Gasteiger partial charge in [-0.25, -0.2) is 0 Å². The van der Waals surface area contributed by atoms with E-state index in [9.17, 15) is 0 Å². The van der Waals surface area contributed by atoms with Gasteiger partial charge in [0.05, 0.1) is 0 Å². The second-order valence-electron chi connectivity index (χ2n) is 1.97. The van der Waals surface area contributed by atoms with Crippen LogP contribution in [0.1, 0.15) is 20.8 Å². The van der Waals surface area contributed by atoms with Crippen LogP contribution in [-0.2, 0) is 19.8 Å². The van der Waals surface area contributed by atoms with Crippen LogP contribution in [0.5, 0.6) is 0 Å². The average molecular weight is 252 g/mol. The van der Waals surface area contributed by atoms with E-state index in [2.05, 4.69) is 40.6 Å². The fourth-order valence-electron chi connectivity index (χ4n) is 0. The first-order valence-electron chi connectivity index (χ1n) is 1.66. The molecule has 35 valence electrons. The predicted molar refractivity (Wildman–Crippen MR) is 19.7 cm³/mol. The molecule has 0 heterocycles. The van der Waals surface area contributed by atoms with E-state index >= 15 is 0 Å². The second-order valence-corrected chi connectivity index (χ2v) is 5.38. The van der Waals surface area contributed by atoms with Gasteiger partial charge in [-0.2, -0.15) is 0 Å². The van der Waals surface area contributed by atoms with Gasteiger partial charge >= 0.3 is 44.4 Å². The summed E-state index contributed by atoms with van der Waals surface area (Å²) in [6.45, 7) is 6.53. The molecule has 0 atom stereocenters. The Labute approximate surface area is 44.9 Å². The van der Waals surface area contributed by atoms with Crippen LogP contribution in [-0.4, -0.2) is 0 Å². The molecule has 0 aliphatic carbocycles. The zero-order valence-electron chi connectivity index (χ0n) is 3.82. The molecule has 0 radical (unpaired) electrons. The van der Waals surface area contributed by atoms with Crippen molar-refractivity contribution in [2.24, 2.45) is 0 Å². The minimum absolute atomic E-state index is 0.472. The average Bonchev–Trinajstić information content (AvgIpc) is 0.722. The zero-order valence-corrected chi connectivity index (χ0v) is 6.09. The fourth-order valence-corrected chi connectivity index (χ4v) is 0. The molecule has 0 bridgehead atoms. The van der Waals surface area contributed by atoms with Crippen LogP contribution in [0, 0.1) is 0 Å². The van der Waals surface area contributed by atoms with Gasteiger partial charge in [-0.05, 0) is 0 Å². The van der Waals surface area contributed by atoms with Gasteiger partial charge < -0.3 is 0 Å². The maximum atomic E-state index is 2.36. The molecule has 0 aliphatic rings. The molecule has 0 aromatic heterocycles. The molecule has 0 rings (SSSR count). The van der Waals surface area contributed by atoms with Crippen LogP contribution in [0.15, 0.2) is 0 Å². The maximum absolute atomic E-state index is 2.36. The first-order valence-corrected chi connectivity index (χ1v) is 2.79. The molecule has 0 aliphatic heterocycles. The van der Waals surface area contributed by atoms with Crippen LogP contribution in [0.3, 0.4) is 0 Å². The molecule has 0 aromatic rings. The third-order valence-corrected chi connectivity index (χ3v) is 0. The van der Waals surface area contributed by atoms with Crippen molar-refractivity contribution >= 4 is 0 Å². The molecule has 0 saturated carbocycles. The Morgan fingerprint density at radius 2 is 1.20 bits per heavy atom. The predicted octanol–water partition coefficient (Wildman–Crippen LogP) is 1.75. The number of rotatable bonds is 0. The monoisotopic (exact) mass is 252 g/mol. The number of hydrogen-bond acceptors (Lipinski definition) is 0. The quantitative estimate of drug-likeness (QED) is 0.616. The first kappa shape index (κ1) is 5.69. The summed E-state index contributed by atoms with van der Waals surface area (Å²) in [6, 6.07) is 0. The van der Waals surface area contributed by atoms with Gasteiger partial charge in [0.1, 0.15) is 0 Å². The fraction of sp³-hybridized carbons (Fsp3) is 1.00. The molecule has 0 aromatic carbocycles. The van der Waals surface area contributed by atoms with Gasteiger partial charge in [-0.1, -0.05) is 0 Å². The van der Waals surface area contributed by atoms with Crippen molar-refractivity contribution in [2.45, 2.75) is 24.6 Å². The molecular formula is C4H9Pt. The van der Waals surface area contributed by atoms with E-state index in [-0.39, 0.29) is 0 Å². The van der Waals surface area contributed by atoms with Crippen molar-refractivity contribution in [3.63, 3.8) is 0 Å². The summed E-state index contributed by atoms with van der Waals surface area (Å²) in [7, 11) is 0. The van der Waals surface area contributed by atoms with Crippen LogP contribution in [0.4, 0.5) is 0 Å². The summed E-state index contributed by atoms with van der Waals surface area (Å²) < 4.78 is 0.472. The van der Waals surface area contributed by atoms with Gasteiger partial charge in [0, 0.05) is 0 Å². The van der Waals surface area contributed by atoms with E-state index in [0.29, 0.717) is 3.80 Å². The molecule has 0 fully saturated rings. The molecule has 0 nitrogen and oxygen atoms in total. The van der Waals surface area contributed by atoms with E-state index in [1.54, 1.807) is 0 Å². The SMILES string of the molecule is C[C](C)(C)[Pt]. The molecule has 0 N–H and O–H groups in total. The first-order chi connectivity index (χ1) is 2.00. The molecule has 1 heteroatoms. The topological polar surface area (TPSA) is 0 Å². The summed E-state index contributed by atoms with van der Waals surface area (Å²) in [5.74, 6) is 0. The van der Waals surface area contributed by atoms with Gasteiger partial charge in [0.2, 0.25) is 0 Å². The molecule has 0 saturated heterocycles. The Morgan fingerprint density at radius 3 is 1.20 bits per heavy atom. The van der Waals surface area contributed by atoms with Crippen molar-refractivity contribution in [3.8, 4) is 0 Å². The van der Waals surface area contributed by atoms with E-state index in [1.807, 2.05) is 0 Å². The number of hydrogen-bond donors (Lipinski definition) is 0.